The summed E-state index contributed by atoms with van der Waals surface area (Å²) in [7, 11) is 0. The van der Waals surface area contributed by atoms with Crippen LogP contribution in [0.1, 0.15) is 11.4 Å². The first-order chi connectivity index (χ1) is 11.3. The van der Waals surface area contributed by atoms with Crippen molar-refractivity contribution in [1.82, 2.24) is 0 Å². The molecular formula is C20H15N3+2. The van der Waals surface area contributed by atoms with Gasteiger partial charge in [-0.05, 0) is 18.2 Å². The van der Waals surface area contributed by atoms with Gasteiger partial charge in [-0.1, -0.05) is 12.7 Å². The minimum absolute atomic E-state index is 0.512. The molecular weight excluding hydrogens is 282 g/mol. The van der Waals surface area contributed by atoms with Crippen molar-refractivity contribution in [3.8, 4) is 6.07 Å². The topological polar surface area (TPSA) is 31.5 Å². The number of fused-ring (bicyclic) bond motifs is 4. The average molecular weight is 297 g/mol. The van der Waals surface area contributed by atoms with Crippen molar-refractivity contribution in [3.63, 3.8) is 0 Å². The van der Waals surface area contributed by atoms with Crippen LogP contribution in [-0.2, 0) is 5.66 Å². The summed E-state index contributed by atoms with van der Waals surface area (Å²) in [4.78, 5) is 0. The SMILES string of the molecule is C=CC1=Cc2cccc[n+]2C12C(C=CC#N)=Cc1cccc[n+]12. The van der Waals surface area contributed by atoms with E-state index < -0.39 is 5.66 Å². The molecule has 2 aromatic heterocycles. The molecule has 2 aromatic rings. The number of nitriles is 1. The Hall–Kier alpha value is -3.25. The first-order valence-corrected chi connectivity index (χ1v) is 7.47. The second-order valence-electron chi connectivity index (χ2n) is 5.53. The molecule has 3 heteroatoms. The second kappa shape index (κ2) is 4.89. The second-order valence-corrected chi connectivity index (χ2v) is 5.53. The maximum Gasteiger partial charge on any atom is 0.416 e. The molecule has 0 bridgehead atoms. The molecule has 0 saturated carbocycles. The van der Waals surface area contributed by atoms with Crippen LogP contribution in [0.25, 0.3) is 12.2 Å². The fourth-order valence-electron chi connectivity index (χ4n) is 3.59. The summed E-state index contributed by atoms with van der Waals surface area (Å²) in [5.74, 6) is 0. The maximum absolute atomic E-state index is 8.98. The van der Waals surface area contributed by atoms with Gasteiger partial charge in [0.25, 0.3) is 0 Å². The number of nitrogens with zero attached hydrogens (tertiary/aromatic N) is 3. The zero-order valence-corrected chi connectivity index (χ0v) is 12.6. The Morgan fingerprint density at radius 1 is 0.957 bits per heavy atom. The van der Waals surface area contributed by atoms with E-state index in [-0.39, 0.29) is 0 Å². The molecule has 0 radical (unpaired) electrons. The van der Waals surface area contributed by atoms with E-state index in [1.54, 1.807) is 0 Å². The Bertz CT molecular complexity index is 944. The highest BCUT2D eigenvalue weighted by atomic mass is 15.3. The zero-order valence-electron chi connectivity index (χ0n) is 12.6. The lowest BCUT2D eigenvalue weighted by atomic mass is 9.92. The molecule has 2 aliphatic rings. The van der Waals surface area contributed by atoms with Gasteiger partial charge in [0, 0.05) is 42.5 Å². The third-order valence-corrected chi connectivity index (χ3v) is 4.45. The van der Waals surface area contributed by atoms with E-state index in [1.807, 2.05) is 36.4 Å². The van der Waals surface area contributed by atoms with Crippen molar-refractivity contribution in [2.45, 2.75) is 5.66 Å². The van der Waals surface area contributed by atoms with Gasteiger partial charge in [-0.2, -0.15) is 5.26 Å². The average Bonchev–Trinajstić information content (AvgIpc) is 3.11. The first-order valence-electron chi connectivity index (χ1n) is 7.47. The molecule has 1 unspecified atom stereocenters. The maximum atomic E-state index is 8.98. The predicted octanol–water partition coefficient (Wildman–Crippen LogP) is 2.52. The Balaban J connectivity index is 2.10. The summed E-state index contributed by atoms with van der Waals surface area (Å²) in [5.41, 5.74) is 3.84. The van der Waals surface area contributed by atoms with E-state index in [1.165, 1.54) is 6.08 Å². The lowest BCUT2D eigenvalue weighted by Gasteiger charge is -2.18. The van der Waals surface area contributed by atoms with Gasteiger partial charge in [0.05, 0.1) is 6.07 Å². The Morgan fingerprint density at radius 3 is 2.13 bits per heavy atom. The molecule has 1 atom stereocenters. The van der Waals surface area contributed by atoms with E-state index in [0.29, 0.717) is 0 Å². The highest BCUT2D eigenvalue weighted by Gasteiger charge is 2.63. The van der Waals surface area contributed by atoms with Gasteiger partial charge in [-0.25, -0.2) is 0 Å². The van der Waals surface area contributed by atoms with E-state index in [9.17, 15) is 0 Å². The highest BCUT2D eigenvalue weighted by Crippen LogP contribution is 2.38. The number of allylic oxidation sites excluding steroid dienone is 5. The van der Waals surface area contributed by atoms with Crippen LogP contribution in [0.15, 0.2) is 84.7 Å². The minimum atomic E-state index is -0.512. The summed E-state index contributed by atoms with van der Waals surface area (Å²) in [6.45, 7) is 4.02. The van der Waals surface area contributed by atoms with E-state index in [0.717, 1.165) is 22.5 Å². The van der Waals surface area contributed by atoms with Gasteiger partial charge >= 0.3 is 5.66 Å². The minimum Gasteiger partial charge on any atom is -0.193 e. The number of aromatic nitrogens is 2. The largest absolute Gasteiger partial charge is 0.416 e. The molecule has 0 amide bonds. The molecule has 3 nitrogen and oxygen atoms in total. The molecule has 0 aliphatic carbocycles. The van der Waals surface area contributed by atoms with Crippen LogP contribution < -0.4 is 9.13 Å². The first kappa shape index (κ1) is 13.4. The summed E-state index contributed by atoms with van der Waals surface area (Å²) >= 11 is 0. The summed E-state index contributed by atoms with van der Waals surface area (Å²) in [6.07, 6.45) is 13.7. The molecule has 0 aromatic carbocycles. The Kier molecular flexibility index (Phi) is 2.85. The normalized spacial score (nSPS) is 20.8. The Morgan fingerprint density at radius 2 is 1.57 bits per heavy atom. The van der Waals surface area contributed by atoms with Crippen LogP contribution in [0.5, 0.6) is 0 Å². The van der Waals surface area contributed by atoms with Gasteiger partial charge in [-0.3, -0.25) is 0 Å². The van der Waals surface area contributed by atoms with Gasteiger partial charge in [0.1, 0.15) is 11.1 Å². The van der Waals surface area contributed by atoms with Crippen molar-refractivity contribution < 1.29 is 9.13 Å². The van der Waals surface area contributed by atoms with Crippen LogP contribution in [0.2, 0.25) is 0 Å². The van der Waals surface area contributed by atoms with Crippen molar-refractivity contribution in [1.29, 1.82) is 5.26 Å². The third kappa shape index (κ3) is 1.63. The van der Waals surface area contributed by atoms with Crippen LogP contribution in [0, 0.1) is 11.3 Å². The number of hydrogen-bond donors (Lipinski definition) is 0. The zero-order chi connectivity index (χ0) is 15.9. The van der Waals surface area contributed by atoms with Crippen molar-refractivity contribution in [2.24, 2.45) is 0 Å². The number of hydrogen-bond acceptors (Lipinski definition) is 1. The summed E-state index contributed by atoms with van der Waals surface area (Å²) in [5, 5.41) is 8.98. The van der Waals surface area contributed by atoms with Gasteiger partial charge in [0.2, 0.25) is 11.4 Å². The van der Waals surface area contributed by atoms with E-state index >= 15 is 0 Å². The smallest absolute Gasteiger partial charge is 0.193 e. The fraction of sp³-hybridized carbons (Fsp3) is 0.0500. The van der Waals surface area contributed by atoms with E-state index in [4.69, 9.17) is 5.26 Å². The third-order valence-electron chi connectivity index (χ3n) is 4.45. The number of pyridine rings is 2. The van der Waals surface area contributed by atoms with Crippen molar-refractivity contribution >= 4 is 12.2 Å². The molecule has 108 valence electrons. The molecule has 0 N–H and O–H groups in total. The predicted molar refractivity (Wildman–Crippen MR) is 87.6 cm³/mol. The van der Waals surface area contributed by atoms with Crippen LogP contribution in [0.3, 0.4) is 0 Å². The van der Waals surface area contributed by atoms with Gasteiger partial charge in [-0.15, -0.1) is 9.13 Å². The highest BCUT2D eigenvalue weighted by molar-refractivity contribution is 5.65. The lowest BCUT2D eigenvalue weighted by Crippen LogP contribution is -2.72. The Labute approximate surface area is 135 Å². The molecule has 2 aliphatic heterocycles. The van der Waals surface area contributed by atoms with Crippen molar-refractivity contribution in [3.05, 3.63) is 96.1 Å². The van der Waals surface area contributed by atoms with Crippen LogP contribution in [0.4, 0.5) is 0 Å². The number of rotatable bonds is 2. The summed E-state index contributed by atoms with van der Waals surface area (Å²) < 4.78 is 4.46. The van der Waals surface area contributed by atoms with Crippen LogP contribution in [-0.4, -0.2) is 0 Å². The molecule has 4 heterocycles. The molecule has 23 heavy (non-hydrogen) atoms. The quantitative estimate of drug-likeness (QED) is 0.619. The van der Waals surface area contributed by atoms with E-state index in [2.05, 4.69) is 58.5 Å². The standard InChI is InChI=1S/C20H15N3/c1-2-16-14-18-9-3-5-12-22(18)20(16)17(8-7-11-21)15-19-10-4-6-13-23(19)20/h2-10,12-15H,1H2/q+2. The lowest BCUT2D eigenvalue weighted by molar-refractivity contribution is -0.966. The molecule has 0 saturated heterocycles. The summed E-state index contributed by atoms with van der Waals surface area (Å²) in [6, 6.07) is 14.4. The van der Waals surface area contributed by atoms with Gasteiger partial charge in [0.15, 0.2) is 12.4 Å². The van der Waals surface area contributed by atoms with Crippen LogP contribution >= 0.6 is 0 Å². The monoisotopic (exact) mass is 297 g/mol. The molecule has 0 fully saturated rings. The molecule has 1 spiro atoms. The fourth-order valence-corrected chi connectivity index (χ4v) is 3.59. The molecule has 4 rings (SSSR count). The van der Waals surface area contributed by atoms with Crippen molar-refractivity contribution in [2.75, 3.05) is 0 Å². The van der Waals surface area contributed by atoms with Gasteiger partial charge < -0.3 is 0 Å².